The third-order valence-corrected chi connectivity index (χ3v) is 5.36. The largest absolute Gasteiger partial charge is 0.354 e. The van der Waals surface area contributed by atoms with Crippen LogP contribution in [0.5, 0.6) is 0 Å². The van der Waals surface area contributed by atoms with Crippen LogP contribution >= 0.6 is 0 Å². The first-order valence-electron chi connectivity index (χ1n) is 8.73. The van der Waals surface area contributed by atoms with Gasteiger partial charge >= 0.3 is 0 Å². The maximum Gasteiger partial charge on any atom is 0.223 e. The summed E-state index contributed by atoms with van der Waals surface area (Å²) in [6, 6.07) is 9.18. The fraction of sp³-hybridized carbons (Fsp3) is 0.632. The van der Waals surface area contributed by atoms with Gasteiger partial charge in [-0.05, 0) is 36.3 Å². The van der Waals surface area contributed by atoms with Gasteiger partial charge in [0.05, 0.1) is 0 Å². The van der Waals surface area contributed by atoms with Gasteiger partial charge in [-0.25, -0.2) is 0 Å². The van der Waals surface area contributed by atoms with Gasteiger partial charge in [0.25, 0.3) is 0 Å². The fourth-order valence-electron chi connectivity index (χ4n) is 3.61. The van der Waals surface area contributed by atoms with Crippen molar-refractivity contribution < 1.29 is 4.79 Å². The van der Waals surface area contributed by atoms with Crippen LogP contribution in [0.3, 0.4) is 0 Å². The highest BCUT2D eigenvalue weighted by atomic mass is 16.1. The highest BCUT2D eigenvalue weighted by Gasteiger charge is 2.29. The van der Waals surface area contributed by atoms with Crippen molar-refractivity contribution in [3.63, 3.8) is 0 Å². The number of hydrogen-bond donors (Lipinski definition) is 1. The molecule has 1 aliphatic carbocycles. The number of carbonyl (C=O) groups excluding carboxylic acids is 1. The van der Waals surface area contributed by atoms with Crippen molar-refractivity contribution in [3.05, 3.63) is 35.4 Å². The molecule has 22 heavy (non-hydrogen) atoms. The minimum absolute atomic E-state index is 0.273. The smallest absolute Gasteiger partial charge is 0.223 e. The first kappa shape index (κ1) is 15.5. The molecule has 1 heterocycles. The molecule has 0 saturated heterocycles. The second-order valence-electron chi connectivity index (χ2n) is 7.17. The topological polar surface area (TPSA) is 32.3 Å². The van der Waals surface area contributed by atoms with E-state index in [1.807, 2.05) is 0 Å². The molecule has 1 fully saturated rings. The Labute approximate surface area is 134 Å². The number of amides is 1. The van der Waals surface area contributed by atoms with Crippen LogP contribution in [0, 0.1) is 11.8 Å². The molecule has 1 saturated carbocycles. The summed E-state index contributed by atoms with van der Waals surface area (Å²) in [5.74, 6) is 1.11. The van der Waals surface area contributed by atoms with Gasteiger partial charge in [0, 0.05) is 31.6 Å². The molecule has 1 atom stereocenters. The standard InChI is InChI=1S/C19H28N2O/c1-14(2)18(12-20-19(22)16-8-5-9-16)21-11-10-15-6-3-4-7-17(15)13-21/h3-4,6-7,14,16,18H,5,8-13H2,1-2H3,(H,20,22)/t18-/m0/s1. The monoisotopic (exact) mass is 300 g/mol. The van der Waals surface area contributed by atoms with Gasteiger partial charge in [-0.15, -0.1) is 0 Å². The lowest BCUT2D eigenvalue weighted by atomic mass is 9.84. The molecule has 0 unspecified atom stereocenters. The van der Waals surface area contributed by atoms with Gasteiger partial charge in [0.2, 0.25) is 5.91 Å². The average Bonchev–Trinajstić information content (AvgIpc) is 2.45. The lowest BCUT2D eigenvalue weighted by molar-refractivity contribution is -0.127. The predicted octanol–water partition coefficient (Wildman–Crippen LogP) is 2.99. The van der Waals surface area contributed by atoms with Crippen LogP contribution in [0.15, 0.2) is 24.3 Å². The molecule has 0 aromatic heterocycles. The third-order valence-electron chi connectivity index (χ3n) is 5.36. The van der Waals surface area contributed by atoms with Crippen molar-refractivity contribution in [2.75, 3.05) is 13.1 Å². The van der Waals surface area contributed by atoms with E-state index in [1.54, 1.807) is 0 Å². The first-order chi connectivity index (χ1) is 10.6. The normalized spacial score (nSPS) is 20.3. The molecule has 1 aliphatic heterocycles. The number of nitrogens with zero attached hydrogens (tertiary/aromatic N) is 1. The lowest BCUT2D eigenvalue weighted by Gasteiger charge is -2.38. The van der Waals surface area contributed by atoms with Gasteiger partial charge < -0.3 is 5.32 Å². The molecule has 2 aliphatic rings. The molecule has 0 radical (unpaired) electrons. The molecule has 0 spiro atoms. The van der Waals surface area contributed by atoms with Crippen molar-refractivity contribution >= 4 is 5.91 Å². The summed E-state index contributed by atoms with van der Waals surface area (Å²) >= 11 is 0. The Bertz CT molecular complexity index is 522. The van der Waals surface area contributed by atoms with Crippen molar-refractivity contribution in [1.29, 1.82) is 0 Å². The van der Waals surface area contributed by atoms with Crippen molar-refractivity contribution in [2.45, 2.75) is 52.1 Å². The van der Waals surface area contributed by atoms with Gasteiger partial charge in [0.15, 0.2) is 0 Å². The van der Waals surface area contributed by atoms with Gasteiger partial charge in [-0.2, -0.15) is 0 Å². The zero-order valence-corrected chi connectivity index (χ0v) is 13.8. The second-order valence-corrected chi connectivity index (χ2v) is 7.17. The molecule has 1 aromatic rings. The van der Waals surface area contributed by atoms with Gasteiger partial charge in [0.1, 0.15) is 0 Å². The summed E-state index contributed by atoms with van der Waals surface area (Å²) in [7, 11) is 0. The van der Waals surface area contributed by atoms with Crippen LogP contribution in [-0.2, 0) is 17.8 Å². The quantitative estimate of drug-likeness (QED) is 0.906. The minimum Gasteiger partial charge on any atom is -0.354 e. The molecule has 1 N–H and O–H groups in total. The predicted molar refractivity (Wildman–Crippen MR) is 89.5 cm³/mol. The number of nitrogens with one attached hydrogen (secondary N) is 1. The van der Waals surface area contributed by atoms with Crippen LogP contribution in [0.25, 0.3) is 0 Å². The zero-order valence-electron chi connectivity index (χ0n) is 13.8. The van der Waals surface area contributed by atoms with Crippen LogP contribution in [-0.4, -0.2) is 29.9 Å². The Morgan fingerprint density at radius 3 is 2.64 bits per heavy atom. The Hall–Kier alpha value is -1.35. The minimum atomic E-state index is 0.273. The Morgan fingerprint density at radius 1 is 1.27 bits per heavy atom. The Kier molecular flexibility index (Phi) is 4.82. The van der Waals surface area contributed by atoms with Crippen molar-refractivity contribution in [1.82, 2.24) is 10.2 Å². The lowest BCUT2D eigenvalue weighted by Crippen LogP contribution is -2.49. The molecular weight excluding hydrogens is 272 g/mol. The van der Waals surface area contributed by atoms with E-state index in [9.17, 15) is 4.79 Å². The summed E-state index contributed by atoms with van der Waals surface area (Å²) < 4.78 is 0. The SMILES string of the molecule is CC(C)[C@H](CNC(=O)C1CCC1)N1CCc2ccccc2C1. The van der Waals surface area contributed by atoms with Crippen LogP contribution in [0.4, 0.5) is 0 Å². The molecule has 0 bridgehead atoms. The van der Waals surface area contributed by atoms with E-state index < -0.39 is 0 Å². The van der Waals surface area contributed by atoms with Crippen molar-refractivity contribution in [2.24, 2.45) is 11.8 Å². The number of rotatable bonds is 5. The number of carbonyl (C=O) groups is 1. The summed E-state index contributed by atoms with van der Waals surface area (Å²) in [4.78, 5) is 14.7. The van der Waals surface area contributed by atoms with Crippen LogP contribution < -0.4 is 5.32 Å². The summed E-state index contributed by atoms with van der Waals surface area (Å²) in [6.45, 7) is 7.42. The van der Waals surface area contributed by atoms with E-state index in [2.05, 4.69) is 48.3 Å². The molecule has 120 valence electrons. The van der Waals surface area contributed by atoms with E-state index in [4.69, 9.17) is 0 Å². The third kappa shape index (κ3) is 3.35. The first-order valence-corrected chi connectivity index (χ1v) is 8.73. The second kappa shape index (κ2) is 6.82. The zero-order chi connectivity index (χ0) is 15.5. The Morgan fingerprint density at radius 2 is 2.00 bits per heavy atom. The van der Waals surface area contributed by atoms with Crippen LogP contribution in [0.2, 0.25) is 0 Å². The average molecular weight is 300 g/mol. The Balaban J connectivity index is 1.60. The molecule has 1 amide bonds. The highest BCUT2D eigenvalue weighted by molar-refractivity contribution is 5.79. The maximum atomic E-state index is 12.1. The van der Waals surface area contributed by atoms with Crippen molar-refractivity contribution in [3.8, 4) is 0 Å². The van der Waals surface area contributed by atoms with Gasteiger partial charge in [-0.1, -0.05) is 44.5 Å². The molecule has 1 aromatic carbocycles. The van der Waals surface area contributed by atoms with E-state index in [-0.39, 0.29) is 11.8 Å². The molecule has 3 heteroatoms. The molecular formula is C19H28N2O. The van der Waals surface area contributed by atoms with E-state index >= 15 is 0 Å². The van der Waals surface area contributed by atoms with E-state index in [0.29, 0.717) is 12.0 Å². The van der Waals surface area contributed by atoms with Gasteiger partial charge in [-0.3, -0.25) is 9.69 Å². The highest BCUT2D eigenvalue weighted by Crippen LogP contribution is 2.27. The summed E-state index contributed by atoms with van der Waals surface area (Å²) in [5, 5.41) is 3.21. The maximum absolute atomic E-state index is 12.1. The molecule has 3 nitrogen and oxygen atoms in total. The number of benzene rings is 1. The van der Waals surface area contributed by atoms with Crippen LogP contribution in [0.1, 0.15) is 44.2 Å². The number of fused-ring (bicyclic) bond motifs is 1. The summed E-state index contributed by atoms with van der Waals surface area (Å²) in [5.41, 5.74) is 2.93. The summed E-state index contributed by atoms with van der Waals surface area (Å²) in [6.07, 6.45) is 4.50. The van der Waals surface area contributed by atoms with E-state index in [1.165, 1.54) is 17.5 Å². The fourth-order valence-corrected chi connectivity index (χ4v) is 3.61. The van der Waals surface area contributed by atoms with E-state index in [0.717, 1.165) is 38.9 Å². The molecule has 3 rings (SSSR count). The number of hydrogen-bond acceptors (Lipinski definition) is 2.